The van der Waals surface area contributed by atoms with Crippen molar-refractivity contribution in [1.82, 2.24) is 0 Å². The summed E-state index contributed by atoms with van der Waals surface area (Å²) in [4.78, 5) is 49.2. The lowest BCUT2D eigenvalue weighted by molar-refractivity contribution is -0.358. The molecule has 6 atom stereocenters. The zero-order valence-corrected chi connectivity index (χ0v) is 16.0. The molecule has 1 heterocycles. The summed E-state index contributed by atoms with van der Waals surface area (Å²) in [5.41, 5.74) is -10.1. The molecule has 0 aromatic heterocycles. The number of hydrogen-bond acceptors (Lipinski definition) is 10. The number of alkyl halides is 1. The number of halogens is 1. The highest BCUT2D eigenvalue weighted by atomic mass is 35.5. The highest BCUT2D eigenvalue weighted by molar-refractivity contribution is 6.18. The van der Waals surface area contributed by atoms with Crippen molar-refractivity contribution in [1.29, 1.82) is 0 Å². The van der Waals surface area contributed by atoms with Crippen molar-refractivity contribution < 1.29 is 49.1 Å². The second kappa shape index (κ2) is 8.00. The van der Waals surface area contributed by atoms with E-state index >= 15 is 0 Å². The molecular weight excluding hydrogens is 388 g/mol. The molecule has 1 aliphatic rings. The lowest BCUT2D eigenvalue weighted by atomic mass is 9.60. The van der Waals surface area contributed by atoms with Crippen molar-refractivity contribution in [3.8, 4) is 0 Å². The number of aliphatic hydroxyl groups is 4. The topological polar surface area (TPSA) is 168 Å². The Morgan fingerprint density at radius 1 is 1.04 bits per heavy atom. The predicted octanol–water partition coefficient (Wildman–Crippen LogP) is -2.12. The van der Waals surface area contributed by atoms with Gasteiger partial charge in [0.2, 0.25) is 11.2 Å². The van der Waals surface area contributed by atoms with E-state index in [4.69, 9.17) is 21.1 Å². The number of ether oxygens (including phenoxy) is 2. The summed E-state index contributed by atoms with van der Waals surface area (Å²) in [6.07, 6.45) is -6.24. The van der Waals surface area contributed by atoms with Gasteiger partial charge in [-0.1, -0.05) is 0 Å². The van der Waals surface area contributed by atoms with Gasteiger partial charge in [0.05, 0.1) is 6.61 Å². The fourth-order valence-corrected chi connectivity index (χ4v) is 3.26. The molecule has 0 bridgehead atoms. The zero-order valence-electron chi connectivity index (χ0n) is 15.3. The van der Waals surface area contributed by atoms with Gasteiger partial charge in [0.25, 0.3) is 0 Å². The summed E-state index contributed by atoms with van der Waals surface area (Å²) in [5.74, 6) is -5.46. The van der Waals surface area contributed by atoms with Gasteiger partial charge in [-0.3, -0.25) is 19.2 Å². The number of Topliss-reactive ketones (excluding diaryl/α,β-unsaturated/α-hetero) is 4. The van der Waals surface area contributed by atoms with E-state index in [0.717, 1.165) is 20.8 Å². The summed E-state index contributed by atoms with van der Waals surface area (Å²) < 4.78 is 10.3. The molecule has 154 valence electrons. The van der Waals surface area contributed by atoms with Crippen molar-refractivity contribution in [2.24, 2.45) is 0 Å². The van der Waals surface area contributed by atoms with Gasteiger partial charge in [-0.05, 0) is 27.7 Å². The third-order valence-corrected chi connectivity index (χ3v) is 4.84. The minimum Gasteiger partial charge on any atom is -0.386 e. The minimum absolute atomic E-state index is 0.154. The standard InChI is InChI=1S/C16H23ClO10/c1-7(18)11(22)12-14(23,8(2)19)16(25,10(4)21)15(24,9(3)20)13(27-12)26-6-5-17/h7,12-13,18,23-25H,5-6H2,1-4H3/t7?,12-,13+,14+,15+,16+/m1/s1. The van der Waals surface area contributed by atoms with Gasteiger partial charge >= 0.3 is 0 Å². The highest BCUT2D eigenvalue weighted by Crippen LogP contribution is 2.47. The maximum absolute atomic E-state index is 12.4. The Labute approximate surface area is 160 Å². The quantitative estimate of drug-likeness (QED) is 0.324. The molecule has 11 heteroatoms. The Balaban J connectivity index is 3.87. The van der Waals surface area contributed by atoms with Crippen LogP contribution in [0.4, 0.5) is 0 Å². The van der Waals surface area contributed by atoms with Crippen LogP contribution in [0.5, 0.6) is 0 Å². The van der Waals surface area contributed by atoms with E-state index in [9.17, 15) is 39.6 Å². The molecule has 1 fully saturated rings. The van der Waals surface area contributed by atoms with Gasteiger partial charge in [-0.25, -0.2) is 0 Å². The van der Waals surface area contributed by atoms with E-state index < -0.39 is 58.4 Å². The summed E-state index contributed by atoms with van der Waals surface area (Å²) >= 11 is 5.50. The van der Waals surface area contributed by atoms with Crippen molar-refractivity contribution >= 4 is 34.7 Å². The van der Waals surface area contributed by atoms with Crippen LogP contribution in [-0.2, 0) is 28.7 Å². The van der Waals surface area contributed by atoms with Gasteiger partial charge < -0.3 is 29.9 Å². The smallest absolute Gasteiger partial charge is 0.213 e. The second-order valence-corrected chi connectivity index (χ2v) is 6.78. The minimum atomic E-state index is -3.51. The molecule has 0 aromatic rings. The highest BCUT2D eigenvalue weighted by Gasteiger charge is 2.79. The summed E-state index contributed by atoms with van der Waals surface area (Å²) in [5, 5.41) is 42.6. The number of ketones is 4. The van der Waals surface area contributed by atoms with Gasteiger partial charge in [0.1, 0.15) is 6.10 Å². The van der Waals surface area contributed by atoms with Crippen LogP contribution in [0, 0.1) is 0 Å². The van der Waals surface area contributed by atoms with Gasteiger partial charge in [-0.2, -0.15) is 0 Å². The molecular formula is C16H23ClO10. The molecule has 1 unspecified atom stereocenters. The van der Waals surface area contributed by atoms with Crippen molar-refractivity contribution in [2.45, 2.75) is 63.0 Å². The molecule has 0 spiro atoms. The largest absolute Gasteiger partial charge is 0.386 e. The van der Waals surface area contributed by atoms with Crippen LogP contribution in [0.15, 0.2) is 0 Å². The summed E-state index contributed by atoms with van der Waals surface area (Å²) in [7, 11) is 0. The normalized spacial score (nSPS) is 37.5. The van der Waals surface area contributed by atoms with Crippen molar-refractivity contribution in [3.05, 3.63) is 0 Å². The molecule has 0 radical (unpaired) electrons. The second-order valence-electron chi connectivity index (χ2n) is 6.40. The number of carbonyl (C=O) groups excluding carboxylic acids is 4. The molecule has 27 heavy (non-hydrogen) atoms. The fourth-order valence-electron chi connectivity index (χ4n) is 3.17. The maximum Gasteiger partial charge on any atom is 0.213 e. The van der Waals surface area contributed by atoms with Crippen LogP contribution < -0.4 is 0 Å². The first-order valence-corrected chi connectivity index (χ1v) is 8.53. The SMILES string of the molecule is CC(=O)[C@@]1(O)[C@](O)(C(C)=O)[C@@H](OCCCl)O[C@H](C(=O)C(C)O)[C@@]1(O)C(C)=O. The average molecular weight is 411 g/mol. The zero-order chi connectivity index (χ0) is 21.4. The number of aliphatic hydroxyl groups excluding tert-OH is 1. The van der Waals surface area contributed by atoms with E-state index in [1.807, 2.05) is 0 Å². The van der Waals surface area contributed by atoms with Crippen molar-refractivity contribution in [3.63, 3.8) is 0 Å². The Kier molecular flexibility index (Phi) is 7.04. The lowest BCUT2D eigenvalue weighted by Crippen LogP contribution is -2.87. The average Bonchev–Trinajstić information content (AvgIpc) is 2.57. The molecule has 0 saturated carbocycles. The van der Waals surface area contributed by atoms with Crippen LogP contribution in [0.2, 0.25) is 0 Å². The predicted molar refractivity (Wildman–Crippen MR) is 88.9 cm³/mol. The third kappa shape index (κ3) is 3.25. The molecule has 1 aliphatic heterocycles. The van der Waals surface area contributed by atoms with Crippen LogP contribution in [0.1, 0.15) is 27.7 Å². The molecule has 10 nitrogen and oxygen atoms in total. The Hall–Kier alpha value is -1.27. The van der Waals surface area contributed by atoms with Crippen LogP contribution >= 0.6 is 11.6 Å². The van der Waals surface area contributed by atoms with Gasteiger partial charge in [0.15, 0.2) is 41.1 Å². The summed E-state index contributed by atoms with van der Waals surface area (Å²) in [6, 6.07) is 0. The van der Waals surface area contributed by atoms with E-state index in [0.29, 0.717) is 6.92 Å². The Bertz CT molecular complexity index is 649. The molecule has 1 rings (SSSR count). The molecule has 0 aliphatic carbocycles. The van der Waals surface area contributed by atoms with Crippen LogP contribution in [0.25, 0.3) is 0 Å². The molecule has 0 aromatic carbocycles. The van der Waals surface area contributed by atoms with E-state index in [2.05, 4.69) is 0 Å². The molecule has 0 amide bonds. The first-order chi connectivity index (χ1) is 12.2. The van der Waals surface area contributed by atoms with Crippen LogP contribution in [0.3, 0.4) is 0 Å². The summed E-state index contributed by atoms with van der Waals surface area (Å²) in [6.45, 7) is 2.85. The lowest BCUT2D eigenvalue weighted by Gasteiger charge is -2.57. The Morgan fingerprint density at radius 3 is 1.85 bits per heavy atom. The third-order valence-electron chi connectivity index (χ3n) is 4.68. The first-order valence-electron chi connectivity index (χ1n) is 7.99. The number of hydrogen-bond donors (Lipinski definition) is 4. The monoisotopic (exact) mass is 410 g/mol. The van der Waals surface area contributed by atoms with E-state index in [-0.39, 0.29) is 12.5 Å². The maximum atomic E-state index is 12.4. The fraction of sp³-hybridized carbons (Fsp3) is 0.750. The molecule has 4 N–H and O–H groups in total. The van der Waals surface area contributed by atoms with E-state index in [1.54, 1.807) is 0 Å². The van der Waals surface area contributed by atoms with E-state index in [1.165, 1.54) is 0 Å². The number of rotatable bonds is 8. The van der Waals surface area contributed by atoms with Crippen LogP contribution in [-0.4, -0.2) is 91.3 Å². The van der Waals surface area contributed by atoms with Gasteiger partial charge in [-0.15, -0.1) is 11.6 Å². The first kappa shape index (κ1) is 23.8. The Morgan fingerprint density at radius 2 is 1.52 bits per heavy atom. The van der Waals surface area contributed by atoms with Crippen molar-refractivity contribution in [2.75, 3.05) is 12.5 Å². The molecule has 1 saturated heterocycles. The van der Waals surface area contributed by atoms with Gasteiger partial charge in [0, 0.05) is 5.88 Å². The number of carbonyl (C=O) groups is 4.